The number of hydrogen-bond acceptors (Lipinski definition) is 7. The number of nitrogens with one attached hydrogen (secondary N) is 1. The number of carbonyl (C=O) groups is 4. The van der Waals surface area contributed by atoms with Crippen LogP contribution in [0.3, 0.4) is 0 Å². The Morgan fingerprint density at radius 2 is 1.75 bits per heavy atom. The van der Waals surface area contributed by atoms with Crippen molar-refractivity contribution in [1.29, 1.82) is 0 Å². The first kappa shape index (κ1) is 26.2. The molecule has 0 saturated carbocycles. The molecule has 4 amide bonds. The molecule has 188 valence electrons. The number of hydrogen-bond donors (Lipinski definition) is 1. The van der Waals surface area contributed by atoms with Crippen LogP contribution in [0, 0.1) is 13.8 Å². The van der Waals surface area contributed by atoms with Crippen LogP contribution in [-0.4, -0.2) is 44.1 Å². The van der Waals surface area contributed by atoms with Gasteiger partial charge in [-0.25, -0.2) is 14.5 Å². The normalized spacial score (nSPS) is 14.5. The molecule has 0 unspecified atom stereocenters. The van der Waals surface area contributed by atoms with Crippen molar-refractivity contribution in [2.24, 2.45) is 0 Å². The van der Waals surface area contributed by atoms with E-state index in [9.17, 15) is 19.2 Å². The van der Waals surface area contributed by atoms with E-state index in [1.165, 1.54) is 13.2 Å². The number of allylic oxidation sites excluding steroid dienone is 1. The number of carbonyl (C=O) groups excluding carboxylic acids is 4. The summed E-state index contributed by atoms with van der Waals surface area (Å²) in [5.74, 6) is -1.47. The highest BCUT2D eigenvalue weighted by molar-refractivity contribution is 6.39. The van der Waals surface area contributed by atoms with E-state index in [0.717, 1.165) is 16.0 Å². The Morgan fingerprint density at radius 1 is 1.06 bits per heavy atom. The summed E-state index contributed by atoms with van der Waals surface area (Å²) in [5, 5.41) is 2.23. The Balaban J connectivity index is 2.07. The number of anilines is 1. The summed E-state index contributed by atoms with van der Waals surface area (Å²) in [6.45, 7) is 9.22. The monoisotopic (exact) mass is 492 g/mol. The number of barbiturate groups is 1. The van der Waals surface area contributed by atoms with Crippen molar-refractivity contribution in [1.82, 2.24) is 5.32 Å². The molecular weight excluding hydrogens is 464 g/mol. The van der Waals surface area contributed by atoms with Crippen LogP contribution < -0.4 is 19.7 Å². The van der Waals surface area contributed by atoms with Crippen LogP contribution in [0.2, 0.25) is 0 Å². The second-order valence-corrected chi connectivity index (χ2v) is 8.10. The molecule has 36 heavy (non-hydrogen) atoms. The molecule has 0 radical (unpaired) electrons. The van der Waals surface area contributed by atoms with Gasteiger partial charge in [0, 0.05) is 5.56 Å². The minimum absolute atomic E-state index is 0.219. The molecular formula is C27H28N2O7. The van der Waals surface area contributed by atoms with Crippen LogP contribution in [0.25, 0.3) is 6.08 Å². The van der Waals surface area contributed by atoms with Gasteiger partial charge in [-0.3, -0.25) is 14.9 Å². The maximum absolute atomic E-state index is 13.3. The lowest BCUT2D eigenvalue weighted by Gasteiger charge is -2.27. The van der Waals surface area contributed by atoms with Gasteiger partial charge in [0.15, 0.2) is 18.1 Å². The van der Waals surface area contributed by atoms with Crippen LogP contribution >= 0.6 is 0 Å². The van der Waals surface area contributed by atoms with E-state index in [1.807, 2.05) is 19.9 Å². The average Bonchev–Trinajstić information content (AvgIpc) is 2.80. The molecule has 0 spiro atoms. The van der Waals surface area contributed by atoms with E-state index in [-0.39, 0.29) is 12.2 Å². The van der Waals surface area contributed by atoms with Crippen LogP contribution in [0.5, 0.6) is 11.5 Å². The molecule has 0 bridgehead atoms. The Labute approximate surface area is 209 Å². The van der Waals surface area contributed by atoms with Gasteiger partial charge in [0.05, 0.1) is 19.4 Å². The predicted molar refractivity (Wildman–Crippen MR) is 134 cm³/mol. The van der Waals surface area contributed by atoms with E-state index in [2.05, 4.69) is 16.6 Å². The third kappa shape index (κ3) is 5.80. The van der Waals surface area contributed by atoms with Crippen molar-refractivity contribution >= 4 is 35.6 Å². The zero-order valence-electron chi connectivity index (χ0n) is 20.7. The maximum atomic E-state index is 13.3. The fourth-order valence-electron chi connectivity index (χ4n) is 3.83. The number of esters is 1. The zero-order chi connectivity index (χ0) is 26.4. The molecule has 0 aliphatic carbocycles. The topological polar surface area (TPSA) is 111 Å². The van der Waals surface area contributed by atoms with Crippen LogP contribution in [0.15, 0.2) is 48.6 Å². The first-order valence-electron chi connectivity index (χ1n) is 11.3. The molecule has 0 aromatic heterocycles. The van der Waals surface area contributed by atoms with Crippen LogP contribution in [0.1, 0.15) is 29.2 Å². The Morgan fingerprint density at radius 3 is 2.36 bits per heavy atom. The van der Waals surface area contributed by atoms with Crippen LogP contribution in [-0.2, 0) is 25.5 Å². The Bertz CT molecular complexity index is 1240. The van der Waals surface area contributed by atoms with Crippen LogP contribution in [0.4, 0.5) is 10.5 Å². The van der Waals surface area contributed by atoms with Crippen molar-refractivity contribution < 1.29 is 33.4 Å². The number of aryl methyl sites for hydroxylation is 2. The molecule has 1 aliphatic rings. The fourth-order valence-corrected chi connectivity index (χ4v) is 3.83. The van der Waals surface area contributed by atoms with Crippen molar-refractivity contribution in [3.8, 4) is 11.5 Å². The summed E-state index contributed by atoms with van der Waals surface area (Å²) in [4.78, 5) is 51.1. The molecule has 1 saturated heterocycles. The minimum atomic E-state index is -0.818. The van der Waals surface area contributed by atoms with Gasteiger partial charge in [-0.05, 0) is 74.2 Å². The molecule has 9 heteroatoms. The van der Waals surface area contributed by atoms with Gasteiger partial charge in [-0.15, -0.1) is 6.58 Å². The second-order valence-electron chi connectivity index (χ2n) is 8.10. The van der Waals surface area contributed by atoms with Gasteiger partial charge >= 0.3 is 12.0 Å². The molecule has 0 atom stereocenters. The number of rotatable bonds is 9. The Kier molecular flexibility index (Phi) is 8.26. The van der Waals surface area contributed by atoms with Gasteiger partial charge < -0.3 is 14.2 Å². The molecule has 2 aromatic rings. The third-order valence-corrected chi connectivity index (χ3v) is 5.26. The third-order valence-electron chi connectivity index (χ3n) is 5.26. The van der Waals surface area contributed by atoms with Gasteiger partial charge in [0.2, 0.25) is 0 Å². The van der Waals surface area contributed by atoms with E-state index in [1.54, 1.807) is 37.3 Å². The van der Waals surface area contributed by atoms with Crippen molar-refractivity contribution in [3.63, 3.8) is 0 Å². The number of benzene rings is 2. The number of imide groups is 2. The highest BCUT2D eigenvalue weighted by Gasteiger charge is 2.37. The largest absolute Gasteiger partial charge is 0.490 e. The molecule has 9 nitrogen and oxygen atoms in total. The summed E-state index contributed by atoms with van der Waals surface area (Å²) in [7, 11) is 1.26. The standard InChI is InChI=1S/C27H28N2O7/c1-6-8-19-12-18(14-22(35-7-2)24(19)36-15-23(30)34-5)13-21-25(31)28-27(33)29(26(21)32)20-10-16(3)9-17(4)11-20/h6,9-14H,1,7-8,15H2,2-5H3,(H,28,31,33)/b21-13-. The van der Waals surface area contributed by atoms with Crippen molar-refractivity contribution in [3.05, 3.63) is 70.8 Å². The SMILES string of the molecule is C=CCc1cc(/C=C2/C(=O)NC(=O)N(c3cc(C)cc(C)c3)C2=O)cc(OCC)c1OCC(=O)OC. The summed E-state index contributed by atoms with van der Waals surface area (Å²) in [5.41, 5.74) is 2.97. The Hall–Kier alpha value is -4.40. The first-order valence-corrected chi connectivity index (χ1v) is 11.3. The molecule has 1 N–H and O–H groups in total. The number of nitrogens with zero attached hydrogens (tertiary/aromatic N) is 1. The fraction of sp³-hybridized carbons (Fsp3) is 0.259. The van der Waals surface area contributed by atoms with Gasteiger partial charge in [0.25, 0.3) is 11.8 Å². The van der Waals surface area contributed by atoms with E-state index in [4.69, 9.17) is 9.47 Å². The van der Waals surface area contributed by atoms with Gasteiger partial charge in [0.1, 0.15) is 5.57 Å². The summed E-state index contributed by atoms with van der Waals surface area (Å²) >= 11 is 0. The van der Waals surface area contributed by atoms with Crippen molar-refractivity contribution in [2.45, 2.75) is 27.2 Å². The van der Waals surface area contributed by atoms with Gasteiger partial charge in [-0.1, -0.05) is 12.1 Å². The molecule has 3 rings (SSSR count). The average molecular weight is 493 g/mol. The van der Waals surface area contributed by atoms with Gasteiger partial charge in [-0.2, -0.15) is 0 Å². The minimum Gasteiger partial charge on any atom is -0.490 e. The lowest BCUT2D eigenvalue weighted by atomic mass is 10.0. The van der Waals surface area contributed by atoms with E-state index >= 15 is 0 Å². The zero-order valence-corrected chi connectivity index (χ0v) is 20.7. The summed E-state index contributed by atoms with van der Waals surface area (Å²) in [6.07, 6.45) is 3.39. The summed E-state index contributed by atoms with van der Waals surface area (Å²) < 4.78 is 16.0. The lowest BCUT2D eigenvalue weighted by molar-refractivity contribution is -0.143. The lowest BCUT2D eigenvalue weighted by Crippen LogP contribution is -2.54. The summed E-state index contributed by atoms with van der Waals surface area (Å²) in [6, 6.07) is 7.77. The number of urea groups is 1. The maximum Gasteiger partial charge on any atom is 0.343 e. The number of amides is 4. The highest BCUT2D eigenvalue weighted by atomic mass is 16.6. The predicted octanol–water partition coefficient (Wildman–Crippen LogP) is 3.65. The number of methoxy groups -OCH3 is 1. The van der Waals surface area contributed by atoms with Crippen molar-refractivity contribution in [2.75, 3.05) is 25.2 Å². The van der Waals surface area contributed by atoms with E-state index < -0.39 is 23.8 Å². The molecule has 1 aliphatic heterocycles. The first-order chi connectivity index (χ1) is 17.2. The molecule has 1 heterocycles. The molecule has 2 aromatic carbocycles. The quantitative estimate of drug-likeness (QED) is 0.246. The highest BCUT2D eigenvalue weighted by Crippen LogP contribution is 2.35. The smallest absolute Gasteiger partial charge is 0.343 e. The molecule has 1 fully saturated rings. The number of ether oxygens (including phenoxy) is 3. The second kappa shape index (κ2) is 11.4. The van der Waals surface area contributed by atoms with E-state index in [0.29, 0.717) is 41.3 Å².